The van der Waals surface area contributed by atoms with E-state index >= 15 is 0 Å². The van der Waals surface area contributed by atoms with Gasteiger partial charge in [-0.25, -0.2) is 8.93 Å². The molecule has 2 N–H and O–H groups in total. The first-order valence-electron chi connectivity index (χ1n) is 17.5. The van der Waals surface area contributed by atoms with Crippen LogP contribution in [0.25, 0.3) is 0 Å². The maximum absolute atomic E-state index is 13.5. The van der Waals surface area contributed by atoms with E-state index in [0.29, 0.717) is 37.0 Å². The molecule has 0 radical (unpaired) electrons. The van der Waals surface area contributed by atoms with Crippen LogP contribution in [-0.4, -0.2) is 92.2 Å². The minimum Gasteiger partial charge on any atom is -0.490 e. The maximum Gasteiger partial charge on any atom is 0.263 e. The Morgan fingerprint density at radius 2 is 2.02 bits per heavy atom. The van der Waals surface area contributed by atoms with Gasteiger partial charge >= 0.3 is 0 Å². The summed E-state index contributed by atoms with van der Waals surface area (Å²) in [5.74, 6) is 4.97. The fourth-order valence-corrected chi connectivity index (χ4v) is 9.70. The molecule has 2 bridgehead atoms. The number of amides is 1. The third-order valence-corrected chi connectivity index (χ3v) is 12.5. The number of carbonyl (C=O) groups excluding carboxylic acids is 1. The van der Waals surface area contributed by atoms with Gasteiger partial charge in [-0.05, 0) is 105 Å². The molecule has 3 aliphatic heterocycles. The second-order valence-electron chi connectivity index (χ2n) is 14.4. The molecule has 2 aliphatic carbocycles. The molecular weight excluding hydrogens is 648 g/mol. The number of aryl methyl sites for hydroxylation is 1. The zero-order chi connectivity index (χ0) is 33.3. The number of hydrogen-bond donors (Lipinski definition) is 2. The lowest BCUT2D eigenvalue weighted by Crippen LogP contribution is -2.50. The quantitative estimate of drug-likeness (QED) is 0.352. The number of morpholine rings is 1. The highest BCUT2D eigenvalue weighted by molar-refractivity contribution is 7.97. The lowest BCUT2D eigenvalue weighted by atomic mass is 9.68. The average molecular weight is 697 g/mol. The summed E-state index contributed by atoms with van der Waals surface area (Å²) in [6, 6.07) is 11.7. The lowest BCUT2D eigenvalue weighted by Gasteiger charge is -2.46. The molecule has 2 aromatic rings. The van der Waals surface area contributed by atoms with Crippen LogP contribution in [0.1, 0.15) is 60.5 Å². The van der Waals surface area contributed by atoms with Crippen LogP contribution in [-0.2, 0) is 31.2 Å². The number of hydrogen-bond acceptors (Lipinski definition) is 7. The first kappa shape index (κ1) is 33.9. The van der Waals surface area contributed by atoms with Crippen LogP contribution in [0.5, 0.6) is 5.75 Å². The van der Waals surface area contributed by atoms with Gasteiger partial charge in [-0.15, -0.1) is 0 Å². The highest BCUT2D eigenvalue weighted by atomic mass is 35.5. The Hall–Kier alpha value is -2.60. The van der Waals surface area contributed by atoms with E-state index < -0.39 is 15.8 Å². The molecule has 1 saturated heterocycles. The van der Waals surface area contributed by atoms with Crippen molar-refractivity contribution in [3.63, 3.8) is 0 Å². The van der Waals surface area contributed by atoms with Gasteiger partial charge in [0, 0.05) is 54.8 Å². The first-order chi connectivity index (χ1) is 23.2. The van der Waals surface area contributed by atoms with Gasteiger partial charge in [0.1, 0.15) is 15.6 Å². The minimum absolute atomic E-state index is 0.0192. The number of ether oxygens (including phenoxy) is 3. The summed E-state index contributed by atoms with van der Waals surface area (Å²) in [7, 11) is -3.09. The summed E-state index contributed by atoms with van der Waals surface area (Å²) in [5.41, 5.74) is 3.72. The van der Waals surface area contributed by atoms with Crippen LogP contribution in [0, 0.1) is 11.8 Å². The van der Waals surface area contributed by atoms with E-state index in [1.54, 1.807) is 6.07 Å². The Morgan fingerprint density at radius 3 is 2.83 bits per heavy atom. The molecule has 11 heteroatoms. The van der Waals surface area contributed by atoms with Crippen molar-refractivity contribution in [1.29, 1.82) is 0 Å². The number of anilines is 1. The Labute approximate surface area is 290 Å². The summed E-state index contributed by atoms with van der Waals surface area (Å²) >= 11 is 6.47. The van der Waals surface area contributed by atoms with Gasteiger partial charge in [0.05, 0.1) is 38.2 Å². The summed E-state index contributed by atoms with van der Waals surface area (Å²) in [6.07, 6.45) is 10.3. The van der Waals surface area contributed by atoms with Crippen LogP contribution in [0.4, 0.5) is 5.69 Å². The van der Waals surface area contributed by atoms with E-state index in [0.717, 1.165) is 94.5 Å². The van der Waals surface area contributed by atoms with Crippen molar-refractivity contribution in [3.05, 3.63) is 70.3 Å². The van der Waals surface area contributed by atoms with Crippen LogP contribution < -0.4 is 19.1 Å². The Morgan fingerprint density at radius 1 is 1.17 bits per heavy atom. The predicted octanol–water partition coefficient (Wildman–Crippen LogP) is 4.77. The van der Waals surface area contributed by atoms with E-state index in [1.165, 1.54) is 11.1 Å². The number of halogens is 1. The number of fused-ring (bicyclic) bond motifs is 4. The fraction of sp³-hybridized carbons (Fsp3) is 0.568. The molecule has 48 heavy (non-hydrogen) atoms. The molecule has 2 fully saturated rings. The highest BCUT2D eigenvalue weighted by Crippen LogP contribution is 2.47. The highest BCUT2D eigenvalue weighted by Gasteiger charge is 2.44. The van der Waals surface area contributed by atoms with Gasteiger partial charge in [0.25, 0.3) is 5.91 Å². The monoisotopic (exact) mass is 696 g/mol. The summed E-state index contributed by atoms with van der Waals surface area (Å²) in [4.78, 5) is 18.4. The van der Waals surface area contributed by atoms with Crippen molar-refractivity contribution in [1.82, 2.24) is 14.3 Å². The SMILES string of the molecule is C=S1(=O)NC(=O)c2ccc3c(c2)N(C[C@@H]2CC[C@H]2[C@@H](OCCN2CCOCC2)/C=C/C[C@H](C)N1)C[C@@]1(CCCc2cc(Cl)ccc21)CO3. The van der Waals surface area contributed by atoms with E-state index in [1.807, 2.05) is 25.1 Å². The molecule has 3 heterocycles. The molecule has 5 aliphatic rings. The smallest absolute Gasteiger partial charge is 0.263 e. The molecule has 7 rings (SSSR count). The van der Waals surface area contributed by atoms with Crippen molar-refractivity contribution >= 4 is 39.0 Å². The molecule has 1 unspecified atom stereocenters. The van der Waals surface area contributed by atoms with Crippen molar-refractivity contribution in [2.45, 2.75) is 63.0 Å². The lowest BCUT2D eigenvalue weighted by molar-refractivity contribution is -0.0314. The molecular formula is C37H49ClN4O5S. The number of carbonyl (C=O) groups is 1. The molecule has 1 amide bonds. The van der Waals surface area contributed by atoms with E-state index in [-0.39, 0.29) is 17.6 Å². The van der Waals surface area contributed by atoms with Crippen molar-refractivity contribution in [2.75, 3.05) is 64.1 Å². The summed E-state index contributed by atoms with van der Waals surface area (Å²) in [6.45, 7) is 9.09. The minimum atomic E-state index is -3.09. The van der Waals surface area contributed by atoms with Gasteiger partial charge in [0.2, 0.25) is 0 Å². The third kappa shape index (κ3) is 7.44. The number of benzene rings is 2. The second kappa shape index (κ2) is 14.3. The third-order valence-electron chi connectivity index (χ3n) is 10.9. The van der Waals surface area contributed by atoms with Crippen LogP contribution in [0.2, 0.25) is 5.02 Å². The van der Waals surface area contributed by atoms with E-state index in [2.05, 4.69) is 49.4 Å². The summed E-state index contributed by atoms with van der Waals surface area (Å²) in [5, 5.41) is 0.764. The van der Waals surface area contributed by atoms with E-state index in [4.69, 9.17) is 25.8 Å². The van der Waals surface area contributed by atoms with Crippen molar-refractivity contribution in [2.24, 2.45) is 11.8 Å². The van der Waals surface area contributed by atoms with Crippen LogP contribution >= 0.6 is 11.6 Å². The maximum atomic E-state index is 13.5. The van der Waals surface area contributed by atoms with Crippen LogP contribution in [0.15, 0.2) is 48.6 Å². The fourth-order valence-electron chi connectivity index (χ4n) is 8.28. The van der Waals surface area contributed by atoms with Gasteiger partial charge in [-0.2, -0.15) is 0 Å². The Bertz CT molecular complexity index is 1630. The zero-order valence-electron chi connectivity index (χ0n) is 28.0. The average Bonchev–Trinajstić information content (AvgIpc) is 3.19. The molecule has 0 aromatic heterocycles. The Kier molecular flexibility index (Phi) is 10.1. The molecule has 9 nitrogen and oxygen atoms in total. The molecule has 1 saturated carbocycles. The summed E-state index contributed by atoms with van der Waals surface area (Å²) < 4.78 is 38.0. The first-order valence-corrected chi connectivity index (χ1v) is 19.6. The zero-order valence-corrected chi connectivity index (χ0v) is 29.5. The topological polar surface area (TPSA) is 92.4 Å². The van der Waals surface area contributed by atoms with Gasteiger partial charge in [-0.1, -0.05) is 29.8 Å². The number of nitrogens with zero attached hydrogens (tertiary/aromatic N) is 2. The van der Waals surface area contributed by atoms with Gasteiger partial charge in [-0.3, -0.25) is 14.4 Å². The van der Waals surface area contributed by atoms with Gasteiger partial charge in [0.15, 0.2) is 0 Å². The molecule has 260 valence electrons. The standard InChI is InChI=1S/C37H49ClN4O5S/c1-26-5-3-7-34(46-20-17-41-15-18-45-19-16-41)31-11-8-29(31)23-42-24-37(14-4-6-27-21-30(38)10-12-32(27)37)25-47-35-13-9-28(22-33(35)42)36(43)40-48(2,44)39-26/h3,7,9-10,12-13,21-22,26,29,31,34H,2,4-6,8,11,14-20,23-25H2,1H3,(H2,39,40,43,44)/b7-3+/t26-,29-,31+,34-,37-,48?/m0/s1. The molecule has 2 aromatic carbocycles. The van der Waals surface area contributed by atoms with Crippen molar-refractivity contribution < 1.29 is 23.2 Å². The predicted molar refractivity (Wildman–Crippen MR) is 193 cm³/mol. The van der Waals surface area contributed by atoms with Crippen LogP contribution in [0.3, 0.4) is 0 Å². The van der Waals surface area contributed by atoms with Gasteiger partial charge < -0.3 is 19.1 Å². The number of rotatable bonds is 4. The largest absolute Gasteiger partial charge is 0.490 e. The second-order valence-corrected chi connectivity index (χ2v) is 16.6. The molecule has 6 atom stereocenters. The number of nitrogens with one attached hydrogen (secondary N) is 2. The Balaban J connectivity index is 1.22. The molecule has 1 spiro atoms. The normalized spacial score (nSPS) is 33.4. The van der Waals surface area contributed by atoms with Crippen molar-refractivity contribution in [3.8, 4) is 5.75 Å². The van der Waals surface area contributed by atoms with E-state index in [9.17, 15) is 9.00 Å².